The number of aromatic nitrogens is 2. The van der Waals surface area contributed by atoms with Gasteiger partial charge in [0.25, 0.3) is 0 Å². The lowest BCUT2D eigenvalue weighted by Gasteiger charge is -2.09. The molecule has 4 nitrogen and oxygen atoms in total. The summed E-state index contributed by atoms with van der Waals surface area (Å²) < 4.78 is 20.7. The lowest BCUT2D eigenvalue weighted by Crippen LogP contribution is -2.14. The third kappa shape index (κ3) is 4.56. The summed E-state index contributed by atoms with van der Waals surface area (Å²) in [5, 5.41) is 8.78. The van der Waals surface area contributed by atoms with Gasteiger partial charge in [0, 0.05) is 42.0 Å². The second-order valence-corrected chi connectivity index (χ2v) is 6.94. The van der Waals surface area contributed by atoms with E-state index in [1.54, 1.807) is 13.2 Å². The van der Waals surface area contributed by atoms with E-state index in [0.29, 0.717) is 23.7 Å². The third-order valence-electron chi connectivity index (χ3n) is 4.55. The van der Waals surface area contributed by atoms with E-state index in [-0.39, 0.29) is 12.4 Å². The number of methoxy groups -OCH3 is 1. The fraction of sp³-hybridized carbons (Fsp3) is 0.286. The number of rotatable bonds is 7. The molecule has 0 atom stereocenters. The van der Waals surface area contributed by atoms with Crippen molar-refractivity contribution in [2.75, 3.05) is 7.11 Å². The quantitative estimate of drug-likeness (QED) is 0.637. The van der Waals surface area contributed by atoms with Crippen molar-refractivity contribution >= 4 is 11.6 Å². The molecule has 0 radical (unpaired) electrons. The van der Waals surface area contributed by atoms with E-state index in [2.05, 4.69) is 17.3 Å². The Hall–Kier alpha value is -2.21. The van der Waals surface area contributed by atoms with Gasteiger partial charge < -0.3 is 10.1 Å². The summed E-state index contributed by atoms with van der Waals surface area (Å²) in [6.45, 7) is 5.65. The van der Waals surface area contributed by atoms with Crippen molar-refractivity contribution in [3.05, 3.63) is 81.4 Å². The highest BCUT2D eigenvalue weighted by Crippen LogP contribution is 2.20. The first kappa shape index (κ1) is 19.5. The van der Waals surface area contributed by atoms with Gasteiger partial charge in [-0.2, -0.15) is 5.10 Å². The van der Waals surface area contributed by atoms with Crippen LogP contribution in [0.25, 0.3) is 5.69 Å². The first-order valence-corrected chi connectivity index (χ1v) is 9.15. The molecule has 1 aromatic heterocycles. The molecule has 2 aromatic carbocycles. The Balaban J connectivity index is 1.70. The van der Waals surface area contributed by atoms with Crippen LogP contribution in [0.3, 0.4) is 0 Å². The van der Waals surface area contributed by atoms with Crippen LogP contribution in [0.2, 0.25) is 5.02 Å². The summed E-state index contributed by atoms with van der Waals surface area (Å²) in [6, 6.07) is 12.7. The van der Waals surface area contributed by atoms with Gasteiger partial charge in [-0.25, -0.2) is 9.07 Å². The van der Waals surface area contributed by atoms with E-state index in [1.807, 2.05) is 41.9 Å². The van der Waals surface area contributed by atoms with E-state index < -0.39 is 0 Å². The van der Waals surface area contributed by atoms with Crippen LogP contribution in [0.4, 0.5) is 4.39 Å². The number of ether oxygens (including phenoxy) is 1. The molecule has 0 aliphatic rings. The van der Waals surface area contributed by atoms with E-state index >= 15 is 0 Å². The highest BCUT2D eigenvalue weighted by molar-refractivity contribution is 6.30. The molecule has 0 spiro atoms. The van der Waals surface area contributed by atoms with Crippen molar-refractivity contribution in [1.82, 2.24) is 15.1 Å². The van der Waals surface area contributed by atoms with Gasteiger partial charge in [0.15, 0.2) is 0 Å². The molecule has 0 amide bonds. The van der Waals surface area contributed by atoms with Crippen molar-refractivity contribution < 1.29 is 9.13 Å². The predicted molar refractivity (Wildman–Crippen MR) is 106 cm³/mol. The van der Waals surface area contributed by atoms with Gasteiger partial charge in [0.2, 0.25) is 0 Å². The summed E-state index contributed by atoms with van der Waals surface area (Å²) in [6.07, 6.45) is 0. The van der Waals surface area contributed by atoms with Gasteiger partial charge in [-0.1, -0.05) is 17.7 Å². The minimum Gasteiger partial charge on any atom is -0.380 e. The number of benzene rings is 2. The highest BCUT2D eigenvalue weighted by Gasteiger charge is 2.12. The minimum atomic E-state index is -0.239. The number of hydrogen-bond acceptors (Lipinski definition) is 3. The Kier molecular flexibility index (Phi) is 6.26. The average molecular weight is 388 g/mol. The fourth-order valence-electron chi connectivity index (χ4n) is 3.10. The molecule has 0 aliphatic heterocycles. The molecular weight excluding hydrogens is 365 g/mol. The SMILES string of the molecule is COCc1cc(CNCc2c(C)nn(-c3ccc(Cl)cc3)c2C)ccc1F. The molecule has 6 heteroatoms. The monoisotopic (exact) mass is 387 g/mol. The second kappa shape index (κ2) is 8.65. The number of nitrogens with one attached hydrogen (secondary N) is 1. The first-order chi connectivity index (χ1) is 13.0. The number of halogens is 2. The first-order valence-electron chi connectivity index (χ1n) is 8.77. The average Bonchev–Trinajstić information content (AvgIpc) is 2.93. The van der Waals surface area contributed by atoms with Crippen LogP contribution >= 0.6 is 11.6 Å². The Labute approximate surface area is 163 Å². The molecule has 0 aliphatic carbocycles. The number of aryl methyl sites for hydroxylation is 1. The topological polar surface area (TPSA) is 39.1 Å². The molecule has 3 aromatic rings. The summed E-state index contributed by atoms with van der Waals surface area (Å²) in [5.41, 5.74) is 5.79. The van der Waals surface area contributed by atoms with Crippen LogP contribution in [0, 0.1) is 19.7 Å². The van der Waals surface area contributed by atoms with Crippen LogP contribution in [-0.2, 0) is 24.4 Å². The lowest BCUT2D eigenvalue weighted by atomic mass is 10.1. The zero-order chi connectivity index (χ0) is 19.4. The second-order valence-electron chi connectivity index (χ2n) is 6.50. The van der Waals surface area contributed by atoms with Crippen LogP contribution in [0.5, 0.6) is 0 Å². The molecule has 27 heavy (non-hydrogen) atoms. The highest BCUT2D eigenvalue weighted by atomic mass is 35.5. The molecule has 0 bridgehead atoms. The zero-order valence-electron chi connectivity index (χ0n) is 15.7. The number of hydrogen-bond donors (Lipinski definition) is 1. The molecule has 1 N–H and O–H groups in total. The van der Waals surface area contributed by atoms with Gasteiger partial charge in [0.05, 0.1) is 18.0 Å². The van der Waals surface area contributed by atoms with Gasteiger partial charge in [-0.3, -0.25) is 0 Å². The van der Waals surface area contributed by atoms with Crippen molar-refractivity contribution in [3.8, 4) is 5.69 Å². The Bertz CT molecular complexity index is 922. The fourth-order valence-corrected chi connectivity index (χ4v) is 3.23. The Morgan fingerprint density at radius 2 is 1.85 bits per heavy atom. The Morgan fingerprint density at radius 1 is 1.11 bits per heavy atom. The van der Waals surface area contributed by atoms with Crippen LogP contribution in [0.1, 0.15) is 28.1 Å². The maximum atomic E-state index is 13.7. The zero-order valence-corrected chi connectivity index (χ0v) is 16.5. The molecule has 0 saturated carbocycles. The van der Waals surface area contributed by atoms with Crippen molar-refractivity contribution in [3.63, 3.8) is 0 Å². The molecule has 3 rings (SSSR count). The molecular formula is C21H23ClFN3O. The maximum absolute atomic E-state index is 13.7. The predicted octanol–water partition coefficient (Wildman–Crippen LogP) is 4.72. The largest absolute Gasteiger partial charge is 0.380 e. The lowest BCUT2D eigenvalue weighted by molar-refractivity contribution is 0.181. The van der Waals surface area contributed by atoms with Crippen LogP contribution in [-0.4, -0.2) is 16.9 Å². The van der Waals surface area contributed by atoms with Crippen LogP contribution in [0.15, 0.2) is 42.5 Å². The van der Waals surface area contributed by atoms with Crippen LogP contribution < -0.4 is 5.32 Å². The Morgan fingerprint density at radius 3 is 2.56 bits per heavy atom. The summed E-state index contributed by atoms with van der Waals surface area (Å²) in [7, 11) is 1.56. The summed E-state index contributed by atoms with van der Waals surface area (Å²) in [5.74, 6) is -0.239. The third-order valence-corrected chi connectivity index (χ3v) is 4.81. The maximum Gasteiger partial charge on any atom is 0.128 e. The number of nitrogens with zero attached hydrogens (tertiary/aromatic N) is 2. The standard InChI is InChI=1S/C21H23ClFN3O/c1-14-20(15(2)26(25-14)19-7-5-18(22)6-8-19)12-24-11-16-4-9-21(23)17(10-16)13-27-3/h4-10,24H,11-13H2,1-3H3. The molecule has 0 unspecified atom stereocenters. The van der Waals surface area contributed by atoms with Gasteiger partial charge in [0.1, 0.15) is 5.82 Å². The summed E-state index contributed by atoms with van der Waals surface area (Å²) >= 11 is 5.97. The normalized spacial score (nSPS) is 11.1. The van der Waals surface area contributed by atoms with Gasteiger partial charge in [-0.05, 0) is 55.8 Å². The van der Waals surface area contributed by atoms with E-state index in [1.165, 1.54) is 6.07 Å². The van der Waals surface area contributed by atoms with E-state index in [0.717, 1.165) is 28.2 Å². The van der Waals surface area contributed by atoms with Crippen molar-refractivity contribution in [1.29, 1.82) is 0 Å². The molecule has 0 fully saturated rings. The molecule has 0 saturated heterocycles. The molecule has 1 heterocycles. The smallest absolute Gasteiger partial charge is 0.128 e. The van der Waals surface area contributed by atoms with Gasteiger partial charge in [-0.15, -0.1) is 0 Å². The van der Waals surface area contributed by atoms with E-state index in [4.69, 9.17) is 16.3 Å². The van der Waals surface area contributed by atoms with Gasteiger partial charge >= 0.3 is 0 Å². The van der Waals surface area contributed by atoms with Crippen molar-refractivity contribution in [2.45, 2.75) is 33.5 Å². The molecule has 142 valence electrons. The minimum absolute atomic E-state index is 0.239. The van der Waals surface area contributed by atoms with E-state index in [9.17, 15) is 4.39 Å². The summed E-state index contributed by atoms with van der Waals surface area (Å²) in [4.78, 5) is 0. The van der Waals surface area contributed by atoms with Crippen molar-refractivity contribution in [2.24, 2.45) is 0 Å².